The number of nitrogens with two attached hydrogens (primary N) is 1. The Labute approximate surface area is 78.5 Å². The van der Waals surface area contributed by atoms with Gasteiger partial charge in [0.1, 0.15) is 0 Å². The van der Waals surface area contributed by atoms with Crippen molar-refractivity contribution in [1.29, 1.82) is 0 Å². The molecule has 1 heterocycles. The molecule has 2 nitrogen and oxygen atoms in total. The van der Waals surface area contributed by atoms with Gasteiger partial charge in [-0.05, 0) is 22.0 Å². The first-order valence-electron chi connectivity index (χ1n) is 3.58. The third-order valence-corrected chi connectivity index (χ3v) is 2.62. The number of aromatic nitrogens is 1. The first-order chi connectivity index (χ1) is 5.79. The summed E-state index contributed by atoms with van der Waals surface area (Å²) < 4.78 is 0.924. The lowest BCUT2D eigenvalue weighted by molar-refractivity contribution is 1.40. The van der Waals surface area contributed by atoms with Crippen LogP contribution in [-0.4, -0.2) is 4.98 Å². The molecule has 1 aromatic heterocycles. The molecule has 0 fully saturated rings. The number of rotatable bonds is 0. The predicted molar refractivity (Wildman–Crippen MR) is 53.9 cm³/mol. The summed E-state index contributed by atoms with van der Waals surface area (Å²) in [7, 11) is 0. The van der Waals surface area contributed by atoms with E-state index >= 15 is 0 Å². The van der Waals surface area contributed by atoms with Crippen molar-refractivity contribution in [1.82, 2.24) is 4.98 Å². The quantitative estimate of drug-likeness (QED) is 0.745. The Morgan fingerprint density at radius 2 is 2.00 bits per heavy atom. The van der Waals surface area contributed by atoms with E-state index in [2.05, 4.69) is 20.9 Å². The van der Waals surface area contributed by atoms with E-state index in [-0.39, 0.29) is 0 Å². The van der Waals surface area contributed by atoms with Gasteiger partial charge in [-0.3, -0.25) is 4.98 Å². The van der Waals surface area contributed by atoms with Crippen molar-refractivity contribution in [2.45, 2.75) is 0 Å². The number of anilines is 1. The molecule has 0 amide bonds. The predicted octanol–water partition coefficient (Wildman–Crippen LogP) is 2.58. The average Bonchev–Trinajstić information content (AvgIpc) is 2.12. The maximum Gasteiger partial charge on any atom is 0.0715 e. The Morgan fingerprint density at radius 1 is 1.25 bits per heavy atom. The Kier molecular flexibility index (Phi) is 1.73. The molecule has 3 heteroatoms. The summed E-state index contributed by atoms with van der Waals surface area (Å²) in [5, 5.41) is 1.05. The number of nitrogen functional groups attached to an aromatic ring is 1. The molecule has 1 aromatic carbocycles. The molecule has 12 heavy (non-hydrogen) atoms. The fraction of sp³-hybridized carbons (Fsp3) is 0. The summed E-state index contributed by atoms with van der Waals surface area (Å²) in [6.45, 7) is 0. The molecule has 0 aliphatic carbocycles. The highest BCUT2D eigenvalue weighted by Gasteiger charge is 2.01. The Balaban J connectivity index is 2.91. The molecule has 2 N–H and O–H groups in total. The summed E-state index contributed by atoms with van der Waals surface area (Å²) in [5.74, 6) is 0. The monoisotopic (exact) mass is 222 g/mol. The summed E-state index contributed by atoms with van der Waals surface area (Å²) in [4.78, 5) is 4.19. The van der Waals surface area contributed by atoms with Crippen molar-refractivity contribution < 1.29 is 0 Å². The fourth-order valence-corrected chi connectivity index (χ4v) is 1.56. The molecule has 0 aliphatic heterocycles. The zero-order valence-electron chi connectivity index (χ0n) is 6.29. The maximum atomic E-state index is 5.68. The van der Waals surface area contributed by atoms with Gasteiger partial charge >= 0.3 is 0 Å². The van der Waals surface area contributed by atoms with Crippen LogP contribution >= 0.6 is 15.9 Å². The number of para-hydroxylation sites is 1. The molecule has 60 valence electrons. The van der Waals surface area contributed by atoms with Gasteiger partial charge < -0.3 is 5.73 Å². The lowest BCUT2D eigenvalue weighted by atomic mass is 10.2. The minimum Gasteiger partial charge on any atom is -0.397 e. The molecule has 0 bridgehead atoms. The van der Waals surface area contributed by atoms with Crippen molar-refractivity contribution in [2.75, 3.05) is 5.73 Å². The largest absolute Gasteiger partial charge is 0.397 e. The normalized spacial score (nSPS) is 10.4. The Morgan fingerprint density at radius 3 is 2.83 bits per heavy atom. The molecule has 0 atom stereocenters. The van der Waals surface area contributed by atoms with Crippen LogP contribution < -0.4 is 5.73 Å². The number of hydrogen-bond donors (Lipinski definition) is 1. The number of halogens is 1. The summed E-state index contributed by atoms with van der Waals surface area (Å²) in [6, 6.07) is 7.87. The van der Waals surface area contributed by atoms with Gasteiger partial charge in [0.2, 0.25) is 0 Å². The van der Waals surface area contributed by atoms with E-state index in [1.807, 2.05) is 24.3 Å². The molecule has 0 radical (unpaired) electrons. The number of benzene rings is 1. The smallest absolute Gasteiger partial charge is 0.0715 e. The fourth-order valence-electron chi connectivity index (χ4n) is 1.12. The van der Waals surface area contributed by atoms with Crippen LogP contribution in [0.2, 0.25) is 0 Å². The van der Waals surface area contributed by atoms with Crippen LogP contribution in [0.1, 0.15) is 0 Å². The van der Waals surface area contributed by atoms with Crippen molar-refractivity contribution in [3.63, 3.8) is 0 Å². The number of hydrogen-bond acceptors (Lipinski definition) is 2. The molecule has 2 aromatic rings. The molecule has 0 saturated carbocycles. The second-order valence-corrected chi connectivity index (χ2v) is 3.34. The van der Waals surface area contributed by atoms with Crippen LogP contribution in [0.15, 0.2) is 34.9 Å². The van der Waals surface area contributed by atoms with Crippen LogP contribution in [-0.2, 0) is 0 Å². The van der Waals surface area contributed by atoms with Gasteiger partial charge in [-0.25, -0.2) is 0 Å². The second-order valence-electron chi connectivity index (χ2n) is 2.54. The van der Waals surface area contributed by atoms with Crippen LogP contribution in [0.4, 0.5) is 5.69 Å². The van der Waals surface area contributed by atoms with Crippen LogP contribution in [0.3, 0.4) is 0 Å². The van der Waals surface area contributed by atoms with Crippen LogP contribution in [0.5, 0.6) is 0 Å². The lowest BCUT2D eigenvalue weighted by Gasteiger charge is -2.01. The van der Waals surface area contributed by atoms with Gasteiger partial charge in [0, 0.05) is 5.39 Å². The third-order valence-electron chi connectivity index (χ3n) is 1.74. The highest BCUT2D eigenvalue weighted by Crippen LogP contribution is 2.26. The zero-order chi connectivity index (χ0) is 8.55. The summed E-state index contributed by atoms with van der Waals surface area (Å²) >= 11 is 3.42. The number of fused-ring (bicyclic) bond motifs is 1. The van der Waals surface area contributed by atoms with Crippen molar-refractivity contribution in [3.05, 3.63) is 34.9 Å². The topological polar surface area (TPSA) is 38.9 Å². The van der Waals surface area contributed by atoms with E-state index in [0.717, 1.165) is 15.4 Å². The molecular formula is C9H7BrN2. The van der Waals surface area contributed by atoms with Gasteiger partial charge in [0.15, 0.2) is 0 Å². The van der Waals surface area contributed by atoms with E-state index in [0.29, 0.717) is 5.69 Å². The molecule has 2 rings (SSSR count). The van der Waals surface area contributed by atoms with E-state index in [9.17, 15) is 0 Å². The molecule has 0 unspecified atom stereocenters. The number of pyridine rings is 1. The lowest BCUT2D eigenvalue weighted by Crippen LogP contribution is -1.89. The van der Waals surface area contributed by atoms with Crippen LogP contribution in [0, 0.1) is 0 Å². The van der Waals surface area contributed by atoms with Crippen molar-refractivity contribution in [2.24, 2.45) is 0 Å². The maximum absolute atomic E-state index is 5.68. The molecule has 0 saturated heterocycles. The highest BCUT2D eigenvalue weighted by atomic mass is 79.9. The van der Waals surface area contributed by atoms with Crippen LogP contribution in [0.25, 0.3) is 10.9 Å². The van der Waals surface area contributed by atoms with E-state index < -0.39 is 0 Å². The second kappa shape index (κ2) is 2.75. The number of nitrogens with zero attached hydrogens (tertiary/aromatic N) is 1. The van der Waals surface area contributed by atoms with Gasteiger partial charge in [0.05, 0.1) is 21.9 Å². The van der Waals surface area contributed by atoms with E-state index in [4.69, 9.17) is 5.73 Å². The first kappa shape index (κ1) is 7.55. The minimum absolute atomic E-state index is 0.675. The van der Waals surface area contributed by atoms with E-state index in [1.54, 1.807) is 6.20 Å². The third kappa shape index (κ3) is 1.06. The standard InChI is InChI=1S/C9H7BrN2/c10-9-6-3-1-2-4-8(6)12-5-7(9)11/h1-5H,11H2. The molecule has 0 aliphatic rings. The van der Waals surface area contributed by atoms with Gasteiger partial charge in [-0.15, -0.1) is 0 Å². The first-order valence-corrected chi connectivity index (χ1v) is 4.37. The van der Waals surface area contributed by atoms with Crippen molar-refractivity contribution in [3.8, 4) is 0 Å². The molecular weight excluding hydrogens is 216 g/mol. The highest BCUT2D eigenvalue weighted by molar-refractivity contribution is 9.10. The van der Waals surface area contributed by atoms with Crippen molar-refractivity contribution >= 4 is 32.5 Å². The average molecular weight is 223 g/mol. The van der Waals surface area contributed by atoms with Gasteiger partial charge in [-0.1, -0.05) is 18.2 Å². The van der Waals surface area contributed by atoms with Gasteiger partial charge in [-0.2, -0.15) is 0 Å². The van der Waals surface area contributed by atoms with E-state index in [1.165, 1.54) is 0 Å². The Bertz CT molecular complexity index is 426. The summed E-state index contributed by atoms with van der Waals surface area (Å²) in [6.07, 6.45) is 1.66. The summed E-state index contributed by atoms with van der Waals surface area (Å²) in [5.41, 5.74) is 7.31. The Hall–Kier alpha value is -1.09. The molecule has 0 spiro atoms. The van der Waals surface area contributed by atoms with Gasteiger partial charge in [0.25, 0.3) is 0 Å². The SMILES string of the molecule is Nc1cnc2ccccc2c1Br. The zero-order valence-corrected chi connectivity index (χ0v) is 7.88. The minimum atomic E-state index is 0.675.